The van der Waals surface area contributed by atoms with Gasteiger partial charge in [-0.3, -0.25) is 0 Å². The molecule has 2 aliphatic carbocycles. The zero-order chi connectivity index (χ0) is 11.2. The number of fused-ring (bicyclic) bond motifs is 1. The molecule has 5 unspecified atom stereocenters. The number of rotatable bonds is 0. The maximum Gasteiger partial charge on any atom is -0.0354 e. The smallest absolute Gasteiger partial charge is 0.0354 e. The molecule has 15 heavy (non-hydrogen) atoms. The highest BCUT2D eigenvalue weighted by Gasteiger charge is 2.43. The summed E-state index contributed by atoms with van der Waals surface area (Å²) in [6.07, 6.45) is 6.04. The molecule has 0 heteroatoms. The summed E-state index contributed by atoms with van der Waals surface area (Å²) in [6, 6.07) is 0. The van der Waals surface area contributed by atoms with E-state index in [1.807, 2.05) is 0 Å². The van der Waals surface area contributed by atoms with Gasteiger partial charge in [-0.1, -0.05) is 34.6 Å². The molecule has 0 saturated heterocycles. The first-order valence-electron chi connectivity index (χ1n) is 6.89. The third-order valence-electron chi connectivity index (χ3n) is 5.52. The average Bonchev–Trinajstić information content (AvgIpc) is 2.41. The minimum atomic E-state index is 0.538. The van der Waals surface area contributed by atoms with E-state index < -0.39 is 0 Å². The molecule has 2 fully saturated rings. The fourth-order valence-electron chi connectivity index (χ4n) is 4.11. The molecule has 0 heterocycles. The van der Waals surface area contributed by atoms with Gasteiger partial charge >= 0.3 is 0 Å². The Kier molecular flexibility index (Phi) is 2.90. The summed E-state index contributed by atoms with van der Waals surface area (Å²) >= 11 is 0. The molecule has 0 N–H and O–H groups in total. The summed E-state index contributed by atoms with van der Waals surface area (Å²) in [5.41, 5.74) is 0.538. The van der Waals surface area contributed by atoms with Crippen LogP contribution in [0.25, 0.3) is 0 Å². The maximum atomic E-state index is 2.50. The van der Waals surface area contributed by atoms with Gasteiger partial charge in [-0.2, -0.15) is 0 Å². The molecule has 2 rings (SSSR count). The molecule has 5 atom stereocenters. The summed E-state index contributed by atoms with van der Waals surface area (Å²) in [5, 5.41) is 0. The standard InChI is InChI=1S/C15H28/c1-10-8-12-6-7-13(15(3,4)5)9-14(12)11(10)2/h10-14H,6-9H2,1-5H3. The predicted octanol–water partition coefficient (Wildman–Crippen LogP) is 4.74. The van der Waals surface area contributed by atoms with E-state index in [9.17, 15) is 0 Å². The number of hydrogen-bond donors (Lipinski definition) is 0. The van der Waals surface area contributed by atoms with Crippen molar-refractivity contribution in [2.75, 3.05) is 0 Å². The molecular formula is C15H28. The first-order chi connectivity index (χ1) is 6.89. The largest absolute Gasteiger partial charge is 0.0622 e. The second-order valence-electron chi connectivity index (χ2n) is 7.37. The Balaban J connectivity index is 2.05. The van der Waals surface area contributed by atoms with Gasteiger partial charge in [0.15, 0.2) is 0 Å². The van der Waals surface area contributed by atoms with Gasteiger partial charge in [-0.25, -0.2) is 0 Å². The Morgan fingerprint density at radius 1 is 0.933 bits per heavy atom. The summed E-state index contributed by atoms with van der Waals surface area (Å²) in [5.74, 6) is 5.08. The molecule has 0 aromatic rings. The average molecular weight is 208 g/mol. The van der Waals surface area contributed by atoms with Crippen molar-refractivity contribution in [2.45, 2.75) is 60.3 Å². The molecule has 0 nitrogen and oxygen atoms in total. The van der Waals surface area contributed by atoms with Crippen molar-refractivity contribution in [1.29, 1.82) is 0 Å². The van der Waals surface area contributed by atoms with E-state index in [2.05, 4.69) is 34.6 Å². The van der Waals surface area contributed by atoms with E-state index in [1.165, 1.54) is 25.7 Å². The van der Waals surface area contributed by atoms with Gasteiger partial charge in [0.1, 0.15) is 0 Å². The van der Waals surface area contributed by atoms with Crippen LogP contribution in [0, 0.1) is 35.0 Å². The minimum Gasteiger partial charge on any atom is -0.0622 e. The van der Waals surface area contributed by atoms with Crippen LogP contribution in [-0.4, -0.2) is 0 Å². The van der Waals surface area contributed by atoms with E-state index in [1.54, 1.807) is 0 Å². The summed E-state index contributed by atoms with van der Waals surface area (Å²) in [6.45, 7) is 12.3. The summed E-state index contributed by atoms with van der Waals surface area (Å²) < 4.78 is 0. The molecule has 0 radical (unpaired) electrons. The van der Waals surface area contributed by atoms with Gasteiger partial charge in [0, 0.05) is 0 Å². The Morgan fingerprint density at radius 3 is 2.20 bits per heavy atom. The van der Waals surface area contributed by atoms with E-state index in [0.29, 0.717) is 5.41 Å². The highest BCUT2D eigenvalue weighted by atomic mass is 14.5. The third kappa shape index (κ3) is 2.10. The Labute approximate surface area is 95.8 Å². The molecule has 2 aliphatic rings. The summed E-state index contributed by atoms with van der Waals surface area (Å²) in [7, 11) is 0. The van der Waals surface area contributed by atoms with Crippen LogP contribution in [0.1, 0.15) is 60.3 Å². The van der Waals surface area contributed by atoms with Crippen molar-refractivity contribution in [1.82, 2.24) is 0 Å². The monoisotopic (exact) mass is 208 g/mol. The quantitative estimate of drug-likeness (QED) is 0.539. The third-order valence-corrected chi connectivity index (χ3v) is 5.52. The van der Waals surface area contributed by atoms with Gasteiger partial charge in [-0.05, 0) is 60.7 Å². The van der Waals surface area contributed by atoms with Crippen LogP contribution in [0.4, 0.5) is 0 Å². The second kappa shape index (κ2) is 3.79. The second-order valence-corrected chi connectivity index (χ2v) is 7.37. The van der Waals surface area contributed by atoms with Crippen LogP contribution < -0.4 is 0 Å². The lowest BCUT2D eigenvalue weighted by Gasteiger charge is -2.40. The zero-order valence-corrected chi connectivity index (χ0v) is 11.2. The van der Waals surface area contributed by atoms with Gasteiger partial charge in [0.05, 0.1) is 0 Å². The van der Waals surface area contributed by atoms with Gasteiger partial charge in [0.25, 0.3) is 0 Å². The van der Waals surface area contributed by atoms with Crippen molar-refractivity contribution in [3.8, 4) is 0 Å². The van der Waals surface area contributed by atoms with E-state index in [-0.39, 0.29) is 0 Å². The van der Waals surface area contributed by atoms with Crippen LogP contribution in [0.2, 0.25) is 0 Å². The Bertz CT molecular complexity index is 223. The Morgan fingerprint density at radius 2 is 1.60 bits per heavy atom. The lowest BCUT2D eigenvalue weighted by atomic mass is 9.65. The SMILES string of the molecule is CC1CC2CCC(C(C)(C)C)CC2C1C. The molecule has 0 aromatic carbocycles. The van der Waals surface area contributed by atoms with Crippen LogP contribution >= 0.6 is 0 Å². The van der Waals surface area contributed by atoms with E-state index in [0.717, 1.165) is 29.6 Å². The molecule has 88 valence electrons. The molecule has 2 saturated carbocycles. The molecule has 0 bridgehead atoms. The lowest BCUT2D eigenvalue weighted by molar-refractivity contribution is 0.0972. The minimum absolute atomic E-state index is 0.538. The topological polar surface area (TPSA) is 0 Å². The van der Waals surface area contributed by atoms with Crippen LogP contribution in [-0.2, 0) is 0 Å². The van der Waals surface area contributed by atoms with Gasteiger partial charge < -0.3 is 0 Å². The van der Waals surface area contributed by atoms with Gasteiger partial charge in [-0.15, -0.1) is 0 Å². The van der Waals surface area contributed by atoms with Gasteiger partial charge in [0.2, 0.25) is 0 Å². The molecule has 0 aromatic heterocycles. The normalized spacial score (nSPS) is 46.6. The molecule has 0 spiro atoms. The first kappa shape index (κ1) is 11.5. The van der Waals surface area contributed by atoms with Crippen molar-refractivity contribution < 1.29 is 0 Å². The first-order valence-corrected chi connectivity index (χ1v) is 6.89. The highest BCUT2D eigenvalue weighted by molar-refractivity contribution is 4.93. The fourth-order valence-corrected chi connectivity index (χ4v) is 4.11. The van der Waals surface area contributed by atoms with Crippen molar-refractivity contribution >= 4 is 0 Å². The Hall–Kier alpha value is 0. The van der Waals surface area contributed by atoms with Crippen LogP contribution in [0.5, 0.6) is 0 Å². The lowest BCUT2D eigenvalue weighted by Crippen LogP contribution is -2.31. The van der Waals surface area contributed by atoms with E-state index in [4.69, 9.17) is 0 Å². The summed E-state index contributed by atoms with van der Waals surface area (Å²) in [4.78, 5) is 0. The van der Waals surface area contributed by atoms with Crippen LogP contribution in [0.15, 0.2) is 0 Å². The molecular weight excluding hydrogens is 180 g/mol. The zero-order valence-electron chi connectivity index (χ0n) is 11.2. The van der Waals surface area contributed by atoms with E-state index >= 15 is 0 Å². The van der Waals surface area contributed by atoms with Crippen molar-refractivity contribution in [3.05, 3.63) is 0 Å². The highest BCUT2D eigenvalue weighted by Crippen LogP contribution is 2.53. The fraction of sp³-hybridized carbons (Fsp3) is 1.00. The molecule has 0 aliphatic heterocycles. The predicted molar refractivity (Wildman–Crippen MR) is 66.7 cm³/mol. The number of hydrogen-bond acceptors (Lipinski definition) is 0. The van der Waals surface area contributed by atoms with Crippen LogP contribution in [0.3, 0.4) is 0 Å². The van der Waals surface area contributed by atoms with Crippen molar-refractivity contribution in [3.63, 3.8) is 0 Å². The van der Waals surface area contributed by atoms with Crippen molar-refractivity contribution in [2.24, 2.45) is 35.0 Å². The maximum absolute atomic E-state index is 2.50. The molecule has 0 amide bonds.